The standard InChI is InChI=1S/C23H34BrN5O3S.C3H8.C2H6.H3PS/c1-23(2,10-5-4-6-11-32-20-9-7-8-19(24)26-20)22(30)28-14-17-18(15-28)29(27-21(17)25)16-31-12-13-33-3;1-3-2;2*1-2/h7-9H,4-6,10-16H2,1-3H3,(H2,25,27);3H2,1-2H3;1-2H3;2H,1H2. The lowest BCUT2D eigenvalue weighted by atomic mass is 9.85. The summed E-state index contributed by atoms with van der Waals surface area (Å²) < 4.78 is 13.9. The number of hydrogen-bond donors (Lipinski definition) is 2. The molecule has 0 fully saturated rings. The van der Waals surface area contributed by atoms with Crippen LogP contribution in [-0.2, 0) is 29.4 Å². The van der Waals surface area contributed by atoms with E-state index < -0.39 is 5.41 Å². The number of carbonyl (C=O) groups is 1. The molecule has 1 amide bonds. The van der Waals surface area contributed by atoms with Crippen molar-refractivity contribution in [2.75, 3.05) is 31.0 Å². The van der Waals surface area contributed by atoms with Crippen LogP contribution in [0.5, 0.6) is 5.88 Å². The second-order valence-electron chi connectivity index (χ2n) is 9.55. The zero-order valence-electron chi connectivity index (χ0n) is 25.4. The molecule has 1 atom stereocenters. The van der Waals surface area contributed by atoms with E-state index in [9.17, 15) is 4.79 Å². The highest BCUT2D eigenvalue weighted by Gasteiger charge is 2.37. The monoisotopic (exact) mass is 679 g/mol. The quantitative estimate of drug-likeness (QED) is 0.0973. The molecule has 1 aliphatic rings. The molecule has 2 aromatic heterocycles. The van der Waals surface area contributed by atoms with E-state index in [1.54, 1.807) is 16.4 Å². The first-order valence-corrected chi connectivity index (χ1v) is 18.2. The first kappa shape index (κ1) is 39.0. The lowest BCUT2D eigenvalue weighted by Gasteiger charge is -2.29. The maximum atomic E-state index is 13.3. The second kappa shape index (κ2) is 22.6. The van der Waals surface area contributed by atoms with Gasteiger partial charge in [-0.2, -0.15) is 29.1 Å². The molecular formula is C28H51BrN5O3PS2. The zero-order chi connectivity index (χ0) is 30.6. The number of fused-ring (bicyclic) bond motifs is 1. The molecule has 0 saturated carbocycles. The van der Waals surface area contributed by atoms with Crippen LogP contribution < -0.4 is 10.5 Å². The summed E-state index contributed by atoms with van der Waals surface area (Å²) in [6, 6.07) is 5.62. The van der Waals surface area contributed by atoms with Gasteiger partial charge in [0.05, 0.1) is 32.0 Å². The zero-order valence-corrected chi connectivity index (χ0v) is 29.9. The molecule has 2 aromatic rings. The van der Waals surface area contributed by atoms with Gasteiger partial charge in [-0.3, -0.25) is 4.79 Å². The Labute approximate surface area is 262 Å². The lowest BCUT2D eigenvalue weighted by molar-refractivity contribution is -0.141. The Morgan fingerprint density at radius 2 is 1.85 bits per heavy atom. The number of nitrogen functional groups attached to an aromatic ring is 1. The van der Waals surface area contributed by atoms with Gasteiger partial charge in [0.15, 0.2) is 5.82 Å². The van der Waals surface area contributed by atoms with Gasteiger partial charge in [-0.05, 0) is 41.1 Å². The normalized spacial score (nSPS) is 11.8. The molecule has 0 radical (unpaired) electrons. The van der Waals surface area contributed by atoms with Crippen molar-refractivity contribution in [3.8, 4) is 5.88 Å². The number of carbonyl (C=O) groups excluding carboxylic acids is 1. The molecule has 1 unspecified atom stereocenters. The Bertz CT molecular complexity index is 966. The molecule has 2 N–H and O–H groups in total. The number of hydrogen-bond acceptors (Lipinski definition) is 8. The number of amides is 1. The molecule has 40 heavy (non-hydrogen) atoms. The summed E-state index contributed by atoms with van der Waals surface area (Å²) in [6.45, 7) is 15.0. The molecular weight excluding hydrogens is 629 g/mol. The van der Waals surface area contributed by atoms with Crippen LogP contribution in [0.15, 0.2) is 22.8 Å². The third kappa shape index (κ3) is 13.8. The van der Waals surface area contributed by atoms with E-state index in [1.165, 1.54) is 6.42 Å². The predicted molar refractivity (Wildman–Crippen MR) is 181 cm³/mol. The van der Waals surface area contributed by atoms with Crippen LogP contribution in [0.4, 0.5) is 5.82 Å². The lowest BCUT2D eigenvalue weighted by Crippen LogP contribution is -2.38. The van der Waals surface area contributed by atoms with E-state index in [0.29, 0.717) is 44.7 Å². The number of unbranched alkanes of at least 4 members (excludes halogenated alkanes) is 2. The fourth-order valence-corrected chi connectivity index (χ4v) is 4.51. The highest BCUT2D eigenvalue weighted by molar-refractivity contribution is 9.10. The maximum absolute atomic E-state index is 13.3. The SMILES string of the molecule is CC.CCC.CSCCOCn1nc(N)c2c1CN(C(=O)C(C)(C)CCCCCOc1cccc(Br)n1)C2.PS. The minimum atomic E-state index is -0.432. The number of aromatic nitrogens is 3. The molecule has 3 rings (SSSR count). The van der Waals surface area contributed by atoms with Gasteiger partial charge in [-0.25, -0.2) is 9.67 Å². The van der Waals surface area contributed by atoms with Gasteiger partial charge in [0.2, 0.25) is 11.8 Å². The summed E-state index contributed by atoms with van der Waals surface area (Å²) >= 11 is 8.53. The molecule has 0 aliphatic carbocycles. The van der Waals surface area contributed by atoms with Gasteiger partial charge in [-0.15, -0.1) is 0 Å². The van der Waals surface area contributed by atoms with Crippen LogP contribution in [0.1, 0.15) is 84.9 Å². The van der Waals surface area contributed by atoms with Crippen molar-refractivity contribution in [1.29, 1.82) is 0 Å². The second-order valence-corrected chi connectivity index (χ2v) is 11.3. The maximum Gasteiger partial charge on any atom is 0.228 e. The van der Waals surface area contributed by atoms with Crippen LogP contribution in [0.25, 0.3) is 0 Å². The van der Waals surface area contributed by atoms with E-state index in [2.05, 4.69) is 60.6 Å². The summed E-state index contributed by atoms with van der Waals surface area (Å²) in [6.07, 6.45) is 7.02. The van der Waals surface area contributed by atoms with Crippen molar-refractivity contribution >= 4 is 60.1 Å². The summed E-state index contributed by atoms with van der Waals surface area (Å²) in [5, 5.41) is 4.40. The molecule has 0 saturated heterocycles. The minimum absolute atomic E-state index is 0.155. The number of ether oxygens (including phenoxy) is 2. The third-order valence-electron chi connectivity index (χ3n) is 5.78. The topological polar surface area (TPSA) is 95.5 Å². The summed E-state index contributed by atoms with van der Waals surface area (Å²) in [7, 11) is 2.11. The number of pyridine rings is 1. The average molecular weight is 681 g/mol. The molecule has 3 heterocycles. The number of anilines is 1. The Kier molecular flexibility index (Phi) is 22.0. The number of thiol groups is 1. The summed E-state index contributed by atoms with van der Waals surface area (Å²) in [4.78, 5) is 19.4. The number of halogens is 1. The largest absolute Gasteiger partial charge is 0.478 e. The van der Waals surface area contributed by atoms with E-state index in [4.69, 9.17) is 15.2 Å². The van der Waals surface area contributed by atoms with Crippen molar-refractivity contribution in [1.82, 2.24) is 19.7 Å². The van der Waals surface area contributed by atoms with Crippen LogP contribution in [0.2, 0.25) is 0 Å². The molecule has 1 aliphatic heterocycles. The predicted octanol–water partition coefficient (Wildman–Crippen LogP) is 7.62. The number of nitrogens with zero attached hydrogens (tertiary/aromatic N) is 4. The minimum Gasteiger partial charge on any atom is -0.478 e. The number of thioether (sulfide) groups is 1. The van der Waals surface area contributed by atoms with Gasteiger partial charge in [0.1, 0.15) is 11.3 Å². The third-order valence-corrected chi connectivity index (χ3v) is 6.80. The highest BCUT2D eigenvalue weighted by atomic mass is 79.9. The van der Waals surface area contributed by atoms with Gasteiger partial charge in [-0.1, -0.05) is 75.3 Å². The van der Waals surface area contributed by atoms with Crippen LogP contribution in [-0.4, -0.2) is 50.8 Å². The van der Waals surface area contributed by atoms with E-state index in [1.807, 2.05) is 57.0 Å². The molecule has 12 heteroatoms. The smallest absolute Gasteiger partial charge is 0.228 e. The average Bonchev–Trinajstić information content (AvgIpc) is 3.51. The Morgan fingerprint density at radius 3 is 2.48 bits per heavy atom. The van der Waals surface area contributed by atoms with Crippen molar-refractivity contribution in [2.24, 2.45) is 5.41 Å². The van der Waals surface area contributed by atoms with Crippen LogP contribution in [0, 0.1) is 5.41 Å². The fourth-order valence-electron chi connectivity index (χ4n) is 3.90. The Balaban J connectivity index is 0.00000199. The Morgan fingerprint density at radius 1 is 1.18 bits per heavy atom. The van der Waals surface area contributed by atoms with Crippen LogP contribution in [0.3, 0.4) is 0 Å². The molecule has 230 valence electrons. The van der Waals surface area contributed by atoms with Crippen molar-refractivity contribution < 1.29 is 14.3 Å². The summed E-state index contributed by atoms with van der Waals surface area (Å²) in [5.41, 5.74) is 7.63. The van der Waals surface area contributed by atoms with Crippen LogP contribution >= 0.6 is 48.4 Å². The highest BCUT2D eigenvalue weighted by Crippen LogP contribution is 2.33. The van der Waals surface area contributed by atoms with E-state index >= 15 is 0 Å². The molecule has 8 nitrogen and oxygen atoms in total. The molecule has 0 spiro atoms. The summed E-state index contributed by atoms with van der Waals surface area (Å²) in [5.74, 6) is 2.21. The molecule has 0 aromatic carbocycles. The Hall–Kier alpha value is -1.000. The van der Waals surface area contributed by atoms with Gasteiger partial charge >= 0.3 is 0 Å². The van der Waals surface area contributed by atoms with Crippen molar-refractivity contribution in [2.45, 2.75) is 93.5 Å². The van der Waals surface area contributed by atoms with E-state index in [0.717, 1.165) is 47.3 Å². The first-order chi connectivity index (χ1) is 19.2. The van der Waals surface area contributed by atoms with Crippen molar-refractivity contribution in [3.05, 3.63) is 34.1 Å². The van der Waals surface area contributed by atoms with Gasteiger partial charge in [0, 0.05) is 22.8 Å². The first-order valence-electron chi connectivity index (χ1n) is 13.9. The van der Waals surface area contributed by atoms with E-state index in [-0.39, 0.29) is 5.91 Å². The number of nitrogens with two attached hydrogens (primary N) is 1. The fraction of sp³-hybridized carbons (Fsp3) is 0.679. The van der Waals surface area contributed by atoms with Gasteiger partial charge in [0.25, 0.3) is 0 Å². The van der Waals surface area contributed by atoms with Gasteiger partial charge < -0.3 is 20.1 Å². The number of rotatable bonds is 13. The van der Waals surface area contributed by atoms with Crippen molar-refractivity contribution in [3.63, 3.8) is 0 Å². The molecule has 0 bridgehead atoms.